The molecule has 0 aliphatic heterocycles. The quantitative estimate of drug-likeness (QED) is 0.900. The first-order valence-electron chi connectivity index (χ1n) is 6.28. The minimum absolute atomic E-state index is 0.0169. The van der Waals surface area contributed by atoms with Crippen LogP contribution in [0.25, 0.3) is 11.3 Å². The summed E-state index contributed by atoms with van der Waals surface area (Å²) >= 11 is 0. The monoisotopic (exact) mass is 245 g/mol. The molecule has 1 N–H and O–H groups in total. The van der Waals surface area contributed by atoms with Crippen LogP contribution in [0.15, 0.2) is 30.5 Å². The van der Waals surface area contributed by atoms with Crippen LogP contribution in [0.4, 0.5) is 0 Å². The van der Waals surface area contributed by atoms with Gasteiger partial charge in [-0.2, -0.15) is 0 Å². The number of hydrogen-bond donors (Lipinski definition) is 1. The molecule has 2 rings (SSSR count). The summed E-state index contributed by atoms with van der Waals surface area (Å²) in [7, 11) is 0. The third-order valence-corrected chi connectivity index (χ3v) is 3.17. The minimum atomic E-state index is -0.428. The second-order valence-electron chi connectivity index (χ2n) is 4.67. The van der Waals surface area contributed by atoms with E-state index in [9.17, 15) is 5.11 Å². The van der Waals surface area contributed by atoms with Crippen LogP contribution in [-0.2, 0) is 0 Å². The largest absolute Gasteiger partial charge is 0.391 e. The Morgan fingerprint density at radius 2 is 1.94 bits per heavy atom. The van der Waals surface area contributed by atoms with Crippen LogP contribution in [0, 0.1) is 6.92 Å². The maximum atomic E-state index is 9.69. The zero-order valence-electron chi connectivity index (χ0n) is 11.0. The van der Waals surface area contributed by atoms with Gasteiger partial charge >= 0.3 is 0 Å². The molecule has 0 radical (unpaired) electrons. The number of rotatable bonds is 4. The van der Waals surface area contributed by atoms with Crippen LogP contribution in [0.1, 0.15) is 31.9 Å². The molecule has 1 heterocycles. The van der Waals surface area contributed by atoms with Crippen molar-refractivity contribution < 1.29 is 5.11 Å². The summed E-state index contributed by atoms with van der Waals surface area (Å²) in [6.45, 7) is 5.87. The Kier molecular flexibility index (Phi) is 3.77. The lowest BCUT2D eigenvalue weighted by Crippen LogP contribution is -2.21. The van der Waals surface area contributed by atoms with Gasteiger partial charge < -0.3 is 5.11 Å². The summed E-state index contributed by atoms with van der Waals surface area (Å²) in [6, 6.07) is 8.16. The number of nitrogens with zero attached hydrogens (tertiary/aromatic N) is 3. The molecule has 2 atom stereocenters. The van der Waals surface area contributed by atoms with Gasteiger partial charge in [-0.1, -0.05) is 42.0 Å². The molecule has 0 aliphatic carbocycles. The normalized spacial score (nSPS) is 14.4. The van der Waals surface area contributed by atoms with E-state index in [2.05, 4.69) is 29.4 Å². The summed E-state index contributed by atoms with van der Waals surface area (Å²) in [6.07, 6.45) is 2.29. The second kappa shape index (κ2) is 5.31. The molecule has 0 saturated carbocycles. The summed E-state index contributed by atoms with van der Waals surface area (Å²) in [4.78, 5) is 0. The van der Waals surface area contributed by atoms with Crippen LogP contribution in [0.2, 0.25) is 0 Å². The zero-order chi connectivity index (χ0) is 13.1. The predicted molar refractivity (Wildman–Crippen MR) is 71.2 cm³/mol. The van der Waals surface area contributed by atoms with Gasteiger partial charge in [0.1, 0.15) is 5.69 Å². The molecule has 0 saturated heterocycles. The smallest absolute Gasteiger partial charge is 0.113 e. The summed E-state index contributed by atoms with van der Waals surface area (Å²) in [5, 5.41) is 18.0. The van der Waals surface area contributed by atoms with E-state index in [0.717, 1.165) is 17.7 Å². The van der Waals surface area contributed by atoms with E-state index in [1.54, 1.807) is 11.6 Å². The van der Waals surface area contributed by atoms with E-state index in [-0.39, 0.29) is 6.04 Å². The fraction of sp³-hybridized carbons (Fsp3) is 0.429. The molecule has 18 heavy (non-hydrogen) atoms. The number of aromatic nitrogens is 3. The number of aliphatic hydroxyl groups excluding tert-OH is 1. The summed E-state index contributed by atoms with van der Waals surface area (Å²) < 4.78 is 1.75. The van der Waals surface area contributed by atoms with Gasteiger partial charge in [-0.15, -0.1) is 5.10 Å². The van der Waals surface area contributed by atoms with Gasteiger partial charge in [0.25, 0.3) is 0 Å². The van der Waals surface area contributed by atoms with E-state index < -0.39 is 6.10 Å². The Morgan fingerprint density at radius 1 is 1.28 bits per heavy atom. The van der Waals surface area contributed by atoms with E-state index in [1.165, 1.54) is 5.56 Å². The molecule has 1 aromatic heterocycles. The van der Waals surface area contributed by atoms with E-state index in [0.29, 0.717) is 0 Å². The van der Waals surface area contributed by atoms with Crippen LogP contribution in [0.3, 0.4) is 0 Å². The highest BCUT2D eigenvalue weighted by Gasteiger charge is 2.16. The molecule has 0 spiro atoms. The lowest BCUT2D eigenvalue weighted by Gasteiger charge is -2.17. The first kappa shape index (κ1) is 12.8. The Labute approximate surface area is 107 Å². The zero-order valence-corrected chi connectivity index (χ0v) is 11.0. The first-order valence-corrected chi connectivity index (χ1v) is 6.28. The van der Waals surface area contributed by atoms with Crippen molar-refractivity contribution in [1.29, 1.82) is 0 Å². The van der Waals surface area contributed by atoms with Crippen molar-refractivity contribution in [1.82, 2.24) is 15.0 Å². The molecule has 1 aromatic carbocycles. The molecule has 4 heteroatoms. The lowest BCUT2D eigenvalue weighted by atomic mass is 10.1. The van der Waals surface area contributed by atoms with Gasteiger partial charge in [-0.05, 0) is 20.3 Å². The Morgan fingerprint density at radius 3 is 2.50 bits per heavy atom. The van der Waals surface area contributed by atoms with Crippen molar-refractivity contribution in [3.63, 3.8) is 0 Å². The average Bonchev–Trinajstić information content (AvgIpc) is 2.80. The molecular formula is C14H19N3O. The fourth-order valence-electron chi connectivity index (χ4n) is 2.04. The summed E-state index contributed by atoms with van der Waals surface area (Å²) in [5.74, 6) is 0. The van der Waals surface area contributed by atoms with Gasteiger partial charge in [-0.25, -0.2) is 4.68 Å². The van der Waals surface area contributed by atoms with E-state index in [4.69, 9.17) is 0 Å². The van der Waals surface area contributed by atoms with Crippen LogP contribution < -0.4 is 0 Å². The third-order valence-electron chi connectivity index (χ3n) is 3.17. The maximum absolute atomic E-state index is 9.69. The number of aliphatic hydroxyl groups is 1. The van der Waals surface area contributed by atoms with E-state index >= 15 is 0 Å². The molecular weight excluding hydrogens is 226 g/mol. The van der Waals surface area contributed by atoms with Crippen LogP contribution in [0.5, 0.6) is 0 Å². The van der Waals surface area contributed by atoms with Gasteiger partial charge in [-0.3, -0.25) is 0 Å². The van der Waals surface area contributed by atoms with Crippen LogP contribution in [-0.4, -0.2) is 26.2 Å². The van der Waals surface area contributed by atoms with Gasteiger partial charge in [0.15, 0.2) is 0 Å². The lowest BCUT2D eigenvalue weighted by molar-refractivity contribution is 0.119. The molecule has 0 unspecified atom stereocenters. The average molecular weight is 245 g/mol. The molecule has 0 aliphatic rings. The molecule has 0 fully saturated rings. The summed E-state index contributed by atoms with van der Waals surface area (Å²) in [5.41, 5.74) is 3.11. The van der Waals surface area contributed by atoms with Gasteiger partial charge in [0.2, 0.25) is 0 Å². The number of hydrogen-bond acceptors (Lipinski definition) is 3. The molecule has 96 valence electrons. The highest BCUT2D eigenvalue weighted by atomic mass is 16.3. The maximum Gasteiger partial charge on any atom is 0.113 e. The standard InChI is InChI=1S/C14H19N3O/c1-4-14(11(3)18)17-9-13(15-16-17)12-7-5-10(2)6-8-12/h5-9,11,14,18H,4H2,1-3H3/t11-,14+/m1/s1. The fourth-order valence-corrected chi connectivity index (χ4v) is 2.04. The van der Waals surface area contributed by atoms with Crippen molar-refractivity contribution in [2.75, 3.05) is 0 Å². The predicted octanol–water partition coefficient (Wildman–Crippen LogP) is 2.59. The van der Waals surface area contributed by atoms with Gasteiger partial charge in [0, 0.05) is 5.56 Å². The van der Waals surface area contributed by atoms with Crippen molar-refractivity contribution in [3.8, 4) is 11.3 Å². The molecule has 2 aromatic rings. The number of aryl methyl sites for hydroxylation is 1. The third kappa shape index (κ3) is 2.59. The Bertz CT molecular complexity index is 502. The Hall–Kier alpha value is -1.68. The molecule has 4 nitrogen and oxygen atoms in total. The van der Waals surface area contributed by atoms with Crippen molar-refractivity contribution in [2.45, 2.75) is 39.3 Å². The van der Waals surface area contributed by atoms with Gasteiger partial charge in [0.05, 0.1) is 18.3 Å². The Balaban J connectivity index is 2.27. The minimum Gasteiger partial charge on any atom is -0.391 e. The first-order chi connectivity index (χ1) is 8.61. The second-order valence-corrected chi connectivity index (χ2v) is 4.67. The van der Waals surface area contributed by atoms with Crippen molar-refractivity contribution in [3.05, 3.63) is 36.0 Å². The van der Waals surface area contributed by atoms with Crippen molar-refractivity contribution in [2.24, 2.45) is 0 Å². The van der Waals surface area contributed by atoms with Crippen molar-refractivity contribution >= 4 is 0 Å². The van der Waals surface area contributed by atoms with E-state index in [1.807, 2.05) is 25.3 Å². The molecule has 0 bridgehead atoms. The SMILES string of the molecule is CC[C@@H]([C@@H](C)O)n1cc(-c2ccc(C)cc2)nn1. The highest BCUT2D eigenvalue weighted by Crippen LogP contribution is 2.20. The van der Waals surface area contributed by atoms with Crippen LogP contribution >= 0.6 is 0 Å². The number of benzene rings is 1. The topological polar surface area (TPSA) is 50.9 Å². The molecule has 0 amide bonds. The highest BCUT2D eigenvalue weighted by molar-refractivity contribution is 5.57.